The Morgan fingerprint density at radius 1 is 0.750 bits per heavy atom. The lowest BCUT2D eigenvalue weighted by Gasteiger charge is -2.40. The van der Waals surface area contributed by atoms with Crippen molar-refractivity contribution in [1.82, 2.24) is 0 Å². The first kappa shape index (κ1) is 14.4. The smallest absolute Gasteiger partial charge is 0.147 e. The van der Waals surface area contributed by atoms with Crippen LogP contribution in [0.3, 0.4) is 0 Å². The molecule has 6 atom stereocenters. The molecule has 8 nitrogen and oxygen atoms in total. The topological polar surface area (TPSA) is 151 Å². The Bertz CT molecular complexity index is 255. The lowest BCUT2D eigenvalue weighted by molar-refractivity contribution is -0.214. The molecule has 1 aliphatic carbocycles. The van der Waals surface area contributed by atoms with Crippen LogP contribution in [0, 0.1) is 0 Å². The summed E-state index contributed by atoms with van der Waals surface area (Å²) in [4.78, 5) is 0. The molecular weight excluding hydrogens is 263 g/mol. The van der Waals surface area contributed by atoms with Gasteiger partial charge in [0.1, 0.15) is 54.8 Å². The Balaban J connectivity index is 2.78. The van der Waals surface area contributed by atoms with Crippen molar-refractivity contribution in [2.24, 2.45) is 0 Å². The molecule has 0 aromatic heterocycles. The molecule has 0 aliphatic heterocycles. The number of aliphatic hydroxyl groups excluding tert-OH is 5. The van der Waals surface area contributed by atoms with Crippen molar-refractivity contribution in [3.05, 3.63) is 0 Å². The third-order valence-corrected chi connectivity index (χ3v) is 3.43. The Morgan fingerprint density at radius 3 is 1.50 bits per heavy atom. The van der Waals surface area contributed by atoms with E-state index < -0.39 is 47.3 Å². The van der Waals surface area contributed by atoms with Gasteiger partial charge in [-0.05, 0) is 0 Å². The molecule has 1 rings (SSSR count). The summed E-state index contributed by atoms with van der Waals surface area (Å²) in [7, 11) is -2.40. The summed E-state index contributed by atoms with van der Waals surface area (Å²) < 4.78 is 21.8. The molecule has 96 valence electrons. The van der Waals surface area contributed by atoms with E-state index in [1.165, 1.54) is 0 Å². The molecule has 0 unspecified atom stereocenters. The molecule has 0 aromatic rings. The van der Waals surface area contributed by atoms with E-state index in [-0.39, 0.29) is 7.58 Å². The average Bonchev–Trinajstić information content (AvgIpc) is 2.23. The van der Waals surface area contributed by atoms with Crippen LogP contribution in [0.25, 0.3) is 0 Å². The van der Waals surface area contributed by atoms with Crippen LogP contribution in [0.1, 0.15) is 0 Å². The molecular formula is C6H13O8PS. The van der Waals surface area contributed by atoms with E-state index >= 15 is 0 Å². The predicted octanol–water partition coefficient (Wildman–Crippen LogP) is -2.47. The fourth-order valence-corrected chi connectivity index (χ4v) is 2.36. The Hall–Kier alpha value is 0.330. The molecule has 1 saturated carbocycles. The number of hydrogen-bond acceptors (Lipinski definition) is 6. The first-order chi connectivity index (χ1) is 7.36. The van der Waals surface area contributed by atoms with Gasteiger partial charge in [0.25, 0.3) is 0 Å². The van der Waals surface area contributed by atoms with Crippen LogP contribution in [0.5, 0.6) is 0 Å². The summed E-state index contributed by atoms with van der Waals surface area (Å²) in [5.74, 6) is 0. The van der Waals surface area contributed by atoms with Crippen LogP contribution in [0.4, 0.5) is 0 Å². The van der Waals surface area contributed by atoms with E-state index in [0.717, 1.165) is 0 Å². The van der Waals surface area contributed by atoms with Crippen LogP contribution >= 0.6 is 7.58 Å². The number of aliphatic hydroxyl groups is 5. The van der Waals surface area contributed by atoms with Crippen LogP contribution in [0.15, 0.2) is 0 Å². The standard InChI is InChI=1S/C6H13O8PS/c7-1-2(8)4(10)6(5(11)3(1)9)14-15-16(12)13/h1-13H/t1-,2-,3-,4+,5-,6-/m1/s1. The highest BCUT2D eigenvalue weighted by atomic mass is 32.5. The fourth-order valence-electron chi connectivity index (χ4n) is 1.41. The lowest BCUT2D eigenvalue weighted by atomic mass is 9.85. The quantitative estimate of drug-likeness (QED) is 0.274. The van der Waals surface area contributed by atoms with Crippen LogP contribution in [-0.4, -0.2) is 71.3 Å². The van der Waals surface area contributed by atoms with Gasteiger partial charge in [0, 0.05) is 0 Å². The van der Waals surface area contributed by atoms with Crippen molar-refractivity contribution in [2.45, 2.75) is 36.6 Å². The minimum absolute atomic E-state index is 0.328. The molecule has 1 fully saturated rings. The van der Waals surface area contributed by atoms with Crippen LogP contribution in [-0.2, 0) is 15.2 Å². The number of rotatable bonds is 2. The third-order valence-electron chi connectivity index (χ3n) is 2.30. The van der Waals surface area contributed by atoms with Crippen molar-refractivity contribution >= 4 is 18.2 Å². The second kappa shape index (κ2) is 5.78. The largest absolute Gasteiger partial charge is 0.387 e. The van der Waals surface area contributed by atoms with Gasteiger partial charge in [0.2, 0.25) is 0 Å². The summed E-state index contributed by atoms with van der Waals surface area (Å²) in [6.45, 7) is 0. The maximum atomic E-state index is 9.44. The van der Waals surface area contributed by atoms with Gasteiger partial charge >= 0.3 is 0 Å². The molecule has 0 aromatic carbocycles. The van der Waals surface area contributed by atoms with E-state index in [1.54, 1.807) is 0 Å². The average molecular weight is 276 g/mol. The normalized spacial score (nSPS) is 45.2. The van der Waals surface area contributed by atoms with Gasteiger partial charge in [-0.15, -0.1) is 0 Å². The molecule has 1 aliphatic rings. The zero-order valence-corrected chi connectivity index (χ0v) is 9.57. The Kier molecular flexibility index (Phi) is 5.20. The maximum absolute atomic E-state index is 9.44. The summed E-state index contributed by atoms with van der Waals surface area (Å²) in [5.41, 5.74) is 0. The van der Waals surface area contributed by atoms with Crippen molar-refractivity contribution in [1.29, 1.82) is 0 Å². The molecule has 0 bridgehead atoms. The molecule has 0 radical (unpaired) electrons. The first-order valence-corrected chi connectivity index (χ1v) is 6.81. The SMILES string of the molecule is O[C@H]1[C@@H](O)[C@@H](O)[C@H](OP=S(O)O)[C@@H](O)[C@@H]1O. The highest BCUT2D eigenvalue weighted by molar-refractivity contribution is 8.12. The third kappa shape index (κ3) is 2.96. The number of hydrogen-bond donors (Lipinski definition) is 7. The summed E-state index contributed by atoms with van der Waals surface area (Å²) in [5, 5.41) is 46.7. The van der Waals surface area contributed by atoms with Gasteiger partial charge in [-0.25, -0.2) is 0 Å². The molecule has 0 heterocycles. The van der Waals surface area contributed by atoms with E-state index in [0.29, 0.717) is 0 Å². The summed E-state index contributed by atoms with van der Waals surface area (Å²) in [6.07, 6.45) is -9.74. The highest BCUT2D eigenvalue weighted by Gasteiger charge is 2.49. The zero-order chi connectivity index (χ0) is 12.5. The predicted molar refractivity (Wildman–Crippen MR) is 54.4 cm³/mol. The molecule has 10 heteroatoms. The van der Waals surface area contributed by atoms with Crippen molar-refractivity contribution in [3.8, 4) is 0 Å². The van der Waals surface area contributed by atoms with E-state index in [1.807, 2.05) is 0 Å². The van der Waals surface area contributed by atoms with Gasteiger partial charge in [0.05, 0.1) is 0 Å². The van der Waals surface area contributed by atoms with Gasteiger partial charge in [-0.3, -0.25) is 0 Å². The molecule has 0 spiro atoms. The Morgan fingerprint density at radius 2 is 1.12 bits per heavy atom. The van der Waals surface area contributed by atoms with Crippen LogP contribution < -0.4 is 0 Å². The molecule has 16 heavy (non-hydrogen) atoms. The highest BCUT2D eigenvalue weighted by Crippen LogP contribution is 2.26. The van der Waals surface area contributed by atoms with Crippen molar-refractivity contribution in [3.63, 3.8) is 0 Å². The van der Waals surface area contributed by atoms with Gasteiger partial charge in [-0.2, -0.15) is 0 Å². The summed E-state index contributed by atoms with van der Waals surface area (Å²) in [6, 6.07) is 0. The van der Waals surface area contributed by atoms with Crippen molar-refractivity contribution < 1.29 is 39.2 Å². The minimum atomic E-state index is -2.08. The Labute approximate surface area is 94.6 Å². The maximum Gasteiger partial charge on any atom is 0.147 e. The van der Waals surface area contributed by atoms with E-state index in [4.69, 9.17) is 13.6 Å². The second-order valence-electron chi connectivity index (χ2n) is 3.34. The summed E-state index contributed by atoms with van der Waals surface area (Å²) >= 11 is 0. The van der Waals surface area contributed by atoms with E-state index in [9.17, 15) is 25.5 Å². The van der Waals surface area contributed by atoms with E-state index in [2.05, 4.69) is 0 Å². The van der Waals surface area contributed by atoms with Gasteiger partial charge in [-0.1, -0.05) is 0 Å². The lowest BCUT2D eigenvalue weighted by Crippen LogP contribution is -2.63. The fraction of sp³-hybridized carbons (Fsp3) is 1.00. The molecule has 0 amide bonds. The first-order valence-electron chi connectivity index (χ1n) is 4.26. The van der Waals surface area contributed by atoms with Crippen LogP contribution in [0.2, 0.25) is 0 Å². The van der Waals surface area contributed by atoms with Gasteiger partial charge < -0.3 is 39.2 Å². The minimum Gasteiger partial charge on any atom is -0.387 e. The van der Waals surface area contributed by atoms with Crippen molar-refractivity contribution in [2.75, 3.05) is 0 Å². The molecule has 7 N–H and O–H groups in total. The zero-order valence-electron chi connectivity index (χ0n) is 7.86. The van der Waals surface area contributed by atoms with Gasteiger partial charge in [0.15, 0.2) is 0 Å². The molecule has 0 saturated heterocycles. The monoisotopic (exact) mass is 276 g/mol. The second-order valence-corrected chi connectivity index (χ2v) is 5.62.